The van der Waals surface area contributed by atoms with Gasteiger partial charge in [-0.1, -0.05) is 27.7 Å². The molecule has 4 aliphatic carbocycles. The van der Waals surface area contributed by atoms with Crippen molar-refractivity contribution >= 4 is 5.97 Å². The molecular weight excluding hydrogens is 412 g/mol. The molecule has 4 unspecified atom stereocenters. The molecule has 0 spiro atoms. The smallest absolute Gasteiger partial charge is 0.320 e. The second kappa shape index (κ2) is 9.86. The standard InChI is InChI=1S/C28H46N2O3/c1-5-13-30(14-6-2)18-25(32)33-24-16-28(4)20(17-29)8-10-23(28)22-9-7-19-15-21(31)11-12-27(19,3)26(22)24/h19-24,26,31H,5-16,18H2,1-4H3/t19?,20?,21?,22-,23-,24?,26-,27-,28+/m0/s1. The number of nitriles is 1. The predicted octanol–water partition coefficient (Wildman–Crippen LogP) is 5.17. The van der Waals surface area contributed by atoms with E-state index in [0.717, 1.165) is 70.9 Å². The van der Waals surface area contributed by atoms with Crippen LogP contribution in [0.4, 0.5) is 0 Å². The number of nitrogens with zero attached hydrogens (tertiary/aromatic N) is 2. The van der Waals surface area contributed by atoms with Gasteiger partial charge in [-0.3, -0.25) is 9.69 Å². The van der Waals surface area contributed by atoms with Crippen LogP contribution in [-0.4, -0.2) is 47.8 Å². The third-order valence-corrected chi connectivity index (χ3v) is 10.4. The van der Waals surface area contributed by atoms with Gasteiger partial charge in [-0.2, -0.15) is 5.26 Å². The molecule has 5 heteroatoms. The summed E-state index contributed by atoms with van der Waals surface area (Å²) in [4.78, 5) is 15.5. The quantitative estimate of drug-likeness (QED) is 0.533. The lowest BCUT2D eigenvalue weighted by Gasteiger charge is -2.62. The van der Waals surface area contributed by atoms with Gasteiger partial charge < -0.3 is 9.84 Å². The number of hydrogen-bond acceptors (Lipinski definition) is 5. The van der Waals surface area contributed by atoms with Gasteiger partial charge in [-0.15, -0.1) is 0 Å². The molecule has 33 heavy (non-hydrogen) atoms. The second-order valence-electron chi connectivity index (χ2n) is 12.3. The number of fused-ring (bicyclic) bond motifs is 5. The normalized spacial score (nSPS) is 44.5. The van der Waals surface area contributed by atoms with E-state index >= 15 is 0 Å². The maximum absolute atomic E-state index is 13.2. The Balaban J connectivity index is 1.61. The lowest BCUT2D eigenvalue weighted by molar-refractivity contribution is -0.198. The Bertz CT molecular complexity index is 744. The Kier molecular flexibility index (Phi) is 7.47. The van der Waals surface area contributed by atoms with Crippen molar-refractivity contribution in [2.75, 3.05) is 19.6 Å². The van der Waals surface area contributed by atoms with Gasteiger partial charge in [0, 0.05) is 5.92 Å². The molecular formula is C28H46N2O3. The zero-order chi connectivity index (χ0) is 23.8. The molecule has 0 radical (unpaired) electrons. The van der Waals surface area contributed by atoms with Crippen molar-refractivity contribution in [2.45, 2.75) is 104 Å². The fourth-order valence-corrected chi connectivity index (χ4v) is 8.94. The summed E-state index contributed by atoms with van der Waals surface area (Å²) in [6, 6.07) is 2.63. The summed E-state index contributed by atoms with van der Waals surface area (Å²) in [7, 11) is 0. The molecule has 4 rings (SSSR count). The van der Waals surface area contributed by atoms with Crippen LogP contribution >= 0.6 is 0 Å². The maximum atomic E-state index is 13.2. The first-order valence-corrected chi connectivity index (χ1v) is 13.8. The van der Waals surface area contributed by atoms with Gasteiger partial charge in [0.1, 0.15) is 6.10 Å². The highest BCUT2D eigenvalue weighted by atomic mass is 16.5. The summed E-state index contributed by atoms with van der Waals surface area (Å²) in [5.74, 6) is 1.94. The average Bonchev–Trinajstić information content (AvgIpc) is 3.10. The molecule has 0 bridgehead atoms. The molecule has 4 saturated carbocycles. The lowest BCUT2D eigenvalue weighted by atomic mass is 9.44. The van der Waals surface area contributed by atoms with Crippen LogP contribution in [-0.2, 0) is 9.53 Å². The lowest BCUT2D eigenvalue weighted by Crippen LogP contribution is -2.60. The number of hydrogen-bond donors (Lipinski definition) is 1. The van der Waals surface area contributed by atoms with Gasteiger partial charge >= 0.3 is 5.97 Å². The number of rotatable bonds is 7. The number of ether oxygens (including phenoxy) is 1. The van der Waals surface area contributed by atoms with E-state index in [9.17, 15) is 15.2 Å². The van der Waals surface area contributed by atoms with Crippen molar-refractivity contribution in [1.29, 1.82) is 5.26 Å². The third-order valence-electron chi connectivity index (χ3n) is 10.4. The number of carbonyl (C=O) groups is 1. The van der Waals surface area contributed by atoms with Gasteiger partial charge in [0.25, 0.3) is 0 Å². The molecule has 0 aromatic heterocycles. The van der Waals surface area contributed by atoms with Gasteiger partial charge in [0.2, 0.25) is 0 Å². The summed E-state index contributed by atoms with van der Waals surface area (Å²) >= 11 is 0. The van der Waals surface area contributed by atoms with Crippen molar-refractivity contribution < 1.29 is 14.6 Å². The molecule has 0 aromatic carbocycles. The first kappa shape index (κ1) is 25.0. The third kappa shape index (κ3) is 4.47. The molecule has 0 amide bonds. The minimum Gasteiger partial charge on any atom is -0.461 e. The Labute approximate surface area is 201 Å². The van der Waals surface area contributed by atoms with Crippen LogP contribution in [0.5, 0.6) is 0 Å². The van der Waals surface area contributed by atoms with E-state index in [1.807, 2.05) is 0 Å². The van der Waals surface area contributed by atoms with Crippen molar-refractivity contribution in [3.63, 3.8) is 0 Å². The van der Waals surface area contributed by atoms with Gasteiger partial charge in [0.15, 0.2) is 0 Å². The molecule has 186 valence electrons. The van der Waals surface area contributed by atoms with Crippen LogP contribution in [0, 0.1) is 51.8 Å². The molecule has 4 fully saturated rings. The van der Waals surface area contributed by atoms with E-state index < -0.39 is 0 Å². The second-order valence-corrected chi connectivity index (χ2v) is 12.3. The summed E-state index contributed by atoms with van der Waals surface area (Å²) in [5.41, 5.74) is 0.0659. The van der Waals surface area contributed by atoms with Gasteiger partial charge in [-0.05, 0) is 106 Å². The molecule has 4 aliphatic rings. The van der Waals surface area contributed by atoms with Crippen LogP contribution in [0.3, 0.4) is 0 Å². The molecule has 9 atom stereocenters. The zero-order valence-corrected chi connectivity index (χ0v) is 21.4. The Hall–Kier alpha value is -1.12. The highest BCUT2D eigenvalue weighted by Gasteiger charge is 2.64. The highest BCUT2D eigenvalue weighted by Crippen LogP contribution is 2.67. The molecule has 5 nitrogen and oxygen atoms in total. The Morgan fingerprint density at radius 1 is 1.09 bits per heavy atom. The molecule has 1 N–H and O–H groups in total. The minimum atomic E-state index is -0.180. The first-order valence-electron chi connectivity index (χ1n) is 13.8. The zero-order valence-electron chi connectivity index (χ0n) is 21.4. The summed E-state index contributed by atoms with van der Waals surface area (Å²) in [6.45, 7) is 11.3. The van der Waals surface area contributed by atoms with Crippen molar-refractivity contribution in [3.05, 3.63) is 0 Å². The van der Waals surface area contributed by atoms with Crippen molar-refractivity contribution in [3.8, 4) is 6.07 Å². The van der Waals surface area contributed by atoms with E-state index in [4.69, 9.17) is 4.74 Å². The molecule has 0 heterocycles. The number of aliphatic hydroxyl groups excluding tert-OH is 1. The molecule has 0 aliphatic heterocycles. The first-order chi connectivity index (χ1) is 15.8. The largest absolute Gasteiger partial charge is 0.461 e. The van der Waals surface area contributed by atoms with Crippen LogP contribution < -0.4 is 0 Å². The van der Waals surface area contributed by atoms with Crippen molar-refractivity contribution in [1.82, 2.24) is 4.90 Å². The fourth-order valence-electron chi connectivity index (χ4n) is 8.94. The van der Waals surface area contributed by atoms with E-state index in [0.29, 0.717) is 30.2 Å². The Morgan fingerprint density at radius 3 is 2.48 bits per heavy atom. The number of esters is 1. The Morgan fingerprint density at radius 2 is 1.82 bits per heavy atom. The number of carbonyl (C=O) groups excluding carboxylic acids is 1. The van der Waals surface area contributed by atoms with Crippen LogP contribution in [0.2, 0.25) is 0 Å². The van der Waals surface area contributed by atoms with Crippen molar-refractivity contribution in [2.24, 2.45) is 40.4 Å². The summed E-state index contributed by atoms with van der Waals surface area (Å²) in [6.07, 6.45) is 9.84. The average molecular weight is 459 g/mol. The van der Waals surface area contributed by atoms with Gasteiger partial charge in [0.05, 0.1) is 24.6 Å². The van der Waals surface area contributed by atoms with E-state index in [-0.39, 0.29) is 34.9 Å². The predicted molar refractivity (Wildman–Crippen MR) is 129 cm³/mol. The summed E-state index contributed by atoms with van der Waals surface area (Å²) in [5, 5.41) is 20.3. The topological polar surface area (TPSA) is 73.6 Å². The maximum Gasteiger partial charge on any atom is 0.320 e. The SMILES string of the molecule is CCCN(CCC)CC(=O)OC1C[C@]2(C)C(C#N)CC[C@H]2[C@@H]2CCC3CC(O)CC[C@]3(C)[C@H]12. The highest BCUT2D eigenvalue weighted by molar-refractivity contribution is 5.72. The summed E-state index contributed by atoms with van der Waals surface area (Å²) < 4.78 is 6.44. The van der Waals surface area contributed by atoms with Crippen LogP contribution in [0.15, 0.2) is 0 Å². The van der Waals surface area contributed by atoms with E-state index in [2.05, 4.69) is 38.7 Å². The minimum absolute atomic E-state index is 0.0508. The van der Waals surface area contributed by atoms with E-state index in [1.54, 1.807) is 0 Å². The van der Waals surface area contributed by atoms with Crippen LogP contribution in [0.25, 0.3) is 0 Å². The fraction of sp³-hybridized carbons (Fsp3) is 0.929. The van der Waals surface area contributed by atoms with E-state index in [1.165, 1.54) is 6.42 Å². The van der Waals surface area contributed by atoms with Crippen LogP contribution in [0.1, 0.15) is 91.9 Å². The molecule has 0 saturated heterocycles. The van der Waals surface area contributed by atoms with Gasteiger partial charge in [-0.25, -0.2) is 0 Å². The monoisotopic (exact) mass is 458 g/mol. The molecule has 0 aromatic rings. The number of aliphatic hydroxyl groups is 1.